The van der Waals surface area contributed by atoms with E-state index in [1.165, 1.54) is 0 Å². The van der Waals surface area contributed by atoms with Crippen LogP contribution < -0.4 is 10.1 Å². The van der Waals surface area contributed by atoms with Gasteiger partial charge in [0.05, 0.1) is 13.2 Å². The van der Waals surface area contributed by atoms with Gasteiger partial charge in [-0.25, -0.2) is 9.78 Å². The van der Waals surface area contributed by atoms with E-state index in [1.54, 1.807) is 13.3 Å². The lowest BCUT2D eigenvalue weighted by Gasteiger charge is -2.32. The molecule has 0 saturated carbocycles. The molecule has 0 radical (unpaired) electrons. The highest BCUT2D eigenvalue weighted by molar-refractivity contribution is 5.74. The lowest BCUT2D eigenvalue weighted by molar-refractivity contribution is 0.0164. The van der Waals surface area contributed by atoms with Crippen molar-refractivity contribution in [2.75, 3.05) is 26.8 Å². The largest absolute Gasteiger partial charge is 0.481 e. The van der Waals surface area contributed by atoms with Crippen LogP contribution in [0.5, 0.6) is 5.88 Å². The molecule has 1 atom stereocenters. The van der Waals surface area contributed by atoms with Crippen LogP contribution in [-0.4, -0.2) is 48.8 Å². The number of aromatic nitrogens is 1. The number of methoxy groups -OCH3 is 1. The summed E-state index contributed by atoms with van der Waals surface area (Å²) in [6, 6.07) is 3.64. The minimum Gasteiger partial charge on any atom is -0.481 e. The molecule has 21 heavy (non-hydrogen) atoms. The summed E-state index contributed by atoms with van der Waals surface area (Å²) in [6.45, 7) is 4.59. The molecule has 6 nitrogen and oxygen atoms in total. The number of pyridine rings is 1. The maximum atomic E-state index is 12.2. The first-order valence-electron chi connectivity index (χ1n) is 7.36. The number of carbonyl (C=O) groups excluding carboxylic acids is 1. The number of carbonyl (C=O) groups is 1. The molecular weight excluding hydrogens is 270 g/mol. The molecule has 1 unspecified atom stereocenters. The van der Waals surface area contributed by atoms with Crippen molar-refractivity contribution in [2.45, 2.75) is 32.4 Å². The maximum Gasteiger partial charge on any atom is 0.317 e. The van der Waals surface area contributed by atoms with Gasteiger partial charge in [0.25, 0.3) is 0 Å². The normalized spacial score (nSPS) is 18.4. The molecule has 1 aromatic rings. The first-order chi connectivity index (χ1) is 10.2. The van der Waals surface area contributed by atoms with Gasteiger partial charge in [0.15, 0.2) is 0 Å². The van der Waals surface area contributed by atoms with Crippen LogP contribution in [0.1, 0.15) is 25.3 Å². The van der Waals surface area contributed by atoms with Crippen molar-refractivity contribution in [1.29, 1.82) is 0 Å². The maximum absolute atomic E-state index is 12.2. The molecule has 0 aromatic carbocycles. The number of ether oxygens (including phenoxy) is 2. The summed E-state index contributed by atoms with van der Waals surface area (Å²) < 4.78 is 10.7. The van der Waals surface area contributed by atoms with Gasteiger partial charge in [-0.15, -0.1) is 0 Å². The third kappa shape index (κ3) is 4.60. The molecule has 0 spiro atoms. The number of hydrogen-bond acceptors (Lipinski definition) is 4. The summed E-state index contributed by atoms with van der Waals surface area (Å²) in [5.74, 6) is 0.552. The fraction of sp³-hybridized carbons (Fsp3) is 0.600. The van der Waals surface area contributed by atoms with Crippen molar-refractivity contribution in [3.8, 4) is 5.88 Å². The second kappa shape index (κ2) is 7.83. The van der Waals surface area contributed by atoms with Crippen LogP contribution in [0.4, 0.5) is 4.79 Å². The minimum atomic E-state index is -0.0461. The fourth-order valence-electron chi connectivity index (χ4n) is 2.46. The predicted molar refractivity (Wildman–Crippen MR) is 79.2 cm³/mol. The van der Waals surface area contributed by atoms with Gasteiger partial charge < -0.3 is 19.7 Å². The van der Waals surface area contributed by atoms with Crippen molar-refractivity contribution in [3.63, 3.8) is 0 Å². The number of likely N-dealkylation sites (tertiary alicyclic amines) is 1. The highest BCUT2D eigenvalue weighted by atomic mass is 16.5. The number of amides is 2. The lowest BCUT2D eigenvalue weighted by Crippen LogP contribution is -2.47. The van der Waals surface area contributed by atoms with E-state index in [-0.39, 0.29) is 12.1 Å². The van der Waals surface area contributed by atoms with Gasteiger partial charge in [-0.05, 0) is 31.4 Å². The van der Waals surface area contributed by atoms with E-state index in [2.05, 4.69) is 10.3 Å². The molecule has 1 N–H and O–H groups in total. The number of nitrogens with one attached hydrogen (secondary N) is 1. The minimum absolute atomic E-state index is 0.0461. The van der Waals surface area contributed by atoms with Crippen LogP contribution in [0, 0.1) is 0 Å². The lowest BCUT2D eigenvalue weighted by atomic mass is 10.1. The van der Waals surface area contributed by atoms with E-state index in [1.807, 2.05) is 24.0 Å². The van der Waals surface area contributed by atoms with Crippen molar-refractivity contribution >= 4 is 6.03 Å². The quantitative estimate of drug-likeness (QED) is 0.899. The second-order valence-corrected chi connectivity index (χ2v) is 5.03. The Hall–Kier alpha value is -1.82. The van der Waals surface area contributed by atoms with E-state index < -0.39 is 0 Å². The Bertz CT molecular complexity index is 465. The third-order valence-corrected chi connectivity index (χ3v) is 3.52. The molecule has 1 aliphatic rings. The fourth-order valence-corrected chi connectivity index (χ4v) is 2.46. The Morgan fingerprint density at radius 2 is 2.43 bits per heavy atom. The van der Waals surface area contributed by atoms with Crippen LogP contribution in [0.3, 0.4) is 0 Å². The standard InChI is InChI=1S/C15H23N3O3/c1-3-21-13-5-4-8-18(11-13)15(19)17-10-12-6-7-16-14(9-12)20-2/h6-7,9,13H,3-5,8,10-11H2,1-2H3,(H,17,19). The Kier molecular flexibility index (Phi) is 5.80. The summed E-state index contributed by atoms with van der Waals surface area (Å²) in [5.41, 5.74) is 0.966. The summed E-state index contributed by atoms with van der Waals surface area (Å²) >= 11 is 0. The van der Waals surface area contributed by atoms with Gasteiger partial charge in [-0.2, -0.15) is 0 Å². The molecule has 0 bridgehead atoms. The Morgan fingerprint density at radius 3 is 3.19 bits per heavy atom. The predicted octanol–water partition coefficient (Wildman–Crippen LogP) is 1.80. The van der Waals surface area contributed by atoms with Gasteiger partial charge in [0.1, 0.15) is 0 Å². The smallest absolute Gasteiger partial charge is 0.317 e. The summed E-state index contributed by atoms with van der Waals surface area (Å²) in [7, 11) is 1.58. The van der Waals surface area contributed by atoms with E-state index in [0.29, 0.717) is 25.6 Å². The Labute approximate surface area is 125 Å². The first-order valence-corrected chi connectivity index (χ1v) is 7.36. The molecule has 2 rings (SSSR count). The van der Waals surface area contributed by atoms with Gasteiger partial charge in [-0.3, -0.25) is 0 Å². The average molecular weight is 293 g/mol. The number of nitrogens with zero attached hydrogens (tertiary/aromatic N) is 2. The van der Waals surface area contributed by atoms with Gasteiger partial charge in [-0.1, -0.05) is 0 Å². The molecule has 1 aromatic heterocycles. The zero-order chi connectivity index (χ0) is 15.1. The summed E-state index contributed by atoms with van der Waals surface area (Å²) in [4.78, 5) is 18.1. The number of piperidine rings is 1. The highest BCUT2D eigenvalue weighted by Gasteiger charge is 2.23. The van der Waals surface area contributed by atoms with Crippen molar-refractivity contribution in [3.05, 3.63) is 23.9 Å². The summed E-state index contributed by atoms with van der Waals surface area (Å²) in [6.07, 6.45) is 3.85. The van der Waals surface area contributed by atoms with Gasteiger partial charge in [0, 0.05) is 38.5 Å². The number of hydrogen-bond donors (Lipinski definition) is 1. The van der Waals surface area contributed by atoms with E-state index in [0.717, 1.165) is 24.9 Å². The Balaban J connectivity index is 1.83. The molecule has 0 aliphatic carbocycles. The third-order valence-electron chi connectivity index (χ3n) is 3.52. The molecule has 1 fully saturated rings. The monoisotopic (exact) mass is 293 g/mol. The number of urea groups is 1. The molecular formula is C15H23N3O3. The average Bonchev–Trinajstić information content (AvgIpc) is 2.53. The Morgan fingerprint density at radius 1 is 1.57 bits per heavy atom. The van der Waals surface area contributed by atoms with Gasteiger partial charge >= 0.3 is 6.03 Å². The van der Waals surface area contributed by atoms with E-state index >= 15 is 0 Å². The molecule has 6 heteroatoms. The van der Waals surface area contributed by atoms with Crippen molar-refractivity contribution in [1.82, 2.24) is 15.2 Å². The zero-order valence-electron chi connectivity index (χ0n) is 12.7. The summed E-state index contributed by atoms with van der Waals surface area (Å²) in [5, 5.41) is 2.93. The zero-order valence-corrected chi connectivity index (χ0v) is 12.7. The number of rotatable bonds is 5. The van der Waals surface area contributed by atoms with Crippen LogP contribution in [-0.2, 0) is 11.3 Å². The van der Waals surface area contributed by atoms with E-state index in [9.17, 15) is 4.79 Å². The van der Waals surface area contributed by atoms with Gasteiger partial charge in [0.2, 0.25) is 5.88 Å². The molecule has 2 amide bonds. The van der Waals surface area contributed by atoms with Crippen LogP contribution >= 0.6 is 0 Å². The highest BCUT2D eigenvalue weighted by Crippen LogP contribution is 2.13. The van der Waals surface area contributed by atoms with Crippen molar-refractivity contribution < 1.29 is 14.3 Å². The van der Waals surface area contributed by atoms with Crippen molar-refractivity contribution in [2.24, 2.45) is 0 Å². The first kappa shape index (κ1) is 15.6. The molecule has 116 valence electrons. The SMILES string of the molecule is CCOC1CCCN(C(=O)NCc2ccnc(OC)c2)C1. The van der Waals surface area contributed by atoms with E-state index in [4.69, 9.17) is 9.47 Å². The van der Waals surface area contributed by atoms with Crippen LogP contribution in [0.25, 0.3) is 0 Å². The molecule has 1 aliphatic heterocycles. The van der Waals surface area contributed by atoms with Crippen LogP contribution in [0.15, 0.2) is 18.3 Å². The topological polar surface area (TPSA) is 63.7 Å². The second-order valence-electron chi connectivity index (χ2n) is 5.03. The molecule has 2 heterocycles. The molecule has 1 saturated heterocycles. The van der Waals surface area contributed by atoms with Crippen LogP contribution in [0.2, 0.25) is 0 Å².